The molecular weight excluding hydrogens is 412 g/mol. The second-order valence-electron chi connectivity index (χ2n) is 4.48. The number of nitrogens with one attached hydrogen (secondary N) is 3. The summed E-state index contributed by atoms with van der Waals surface area (Å²) in [5.41, 5.74) is -0.377. The normalized spacial score (nSPS) is 39.2. The first-order chi connectivity index (χ1) is 6.40. The van der Waals surface area contributed by atoms with Crippen molar-refractivity contribution < 1.29 is 31.0 Å². The van der Waals surface area contributed by atoms with Crippen LogP contribution in [0, 0.1) is 0 Å². The van der Waals surface area contributed by atoms with Crippen LogP contribution in [0.25, 0.3) is 0 Å². The summed E-state index contributed by atoms with van der Waals surface area (Å²) in [6, 6.07) is 0. The zero-order valence-electron chi connectivity index (χ0n) is 8.07. The Bertz CT molecular complexity index is 317. The van der Waals surface area contributed by atoms with Crippen molar-refractivity contribution >= 4 is 26.3 Å². The summed E-state index contributed by atoms with van der Waals surface area (Å²) < 4.78 is 15.2. The number of ether oxygens (including phenoxy) is 1. The van der Waals surface area contributed by atoms with E-state index in [1.54, 1.807) is 0 Å². The van der Waals surface area contributed by atoms with Crippen molar-refractivity contribution in [3.8, 4) is 0 Å². The minimum atomic E-state index is -1.04. The second-order valence-corrected chi connectivity index (χ2v) is 11.5. The van der Waals surface area contributed by atoms with Gasteiger partial charge in [-0.05, 0) is 0 Å². The van der Waals surface area contributed by atoms with Gasteiger partial charge in [-0.25, -0.2) is 0 Å². The van der Waals surface area contributed by atoms with Gasteiger partial charge in [-0.15, -0.1) is 0 Å². The van der Waals surface area contributed by atoms with E-state index in [0.29, 0.717) is 0 Å². The number of carbonyl (C=O) groups is 1. The standard InChI is InChI=1S/C7H12I2N3O2/c1-5(2,3)14-4(13)6(8-10-6)7-9(11-7)12-7/h10-12H,1-3H3/q-1. The van der Waals surface area contributed by atoms with E-state index >= 15 is 0 Å². The Kier molecular flexibility index (Phi) is 1.82. The van der Waals surface area contributed by atoms with E-state index in [1.807, 2.05) is 20.8 Å². The number of halogens is 2. The van der Waals surface area contributed by atoms with E-state index < -0.39 is 20.4 Å². The molecule has 3 N–H and O–H groups in total. The van der Waals surface area contributed by atoms with Crippen LogP contribution in [0.3, 0.4) is 0 Å². The van der Waals surface area contributed by atoms with Crippen molar-refractivity contribution in [1.82, 2.24) is 10.6 Å². The second kappa shape index (κ2) is 2.55. The third kappa shape index (κ3) is 1.25. The molecule has 3 heterocycles. The number of hydrogen-bond acceptors (Lipinski definition) is 5. The van der Waals surface area contributed by atoms with Crippen LogP contribution in [-0.4, -0.2) is 18.8 Å². The Morgan fingerprint density at radius 1 is 1.43 bits per heavy atom. The Labute approximate surface area is 101 Å². The molecule has 3 aliphatic heterocycles. The van der Waals surface area contributed by atoms with Crippen molar-refractivity contribution in [2.24, 2.45) is 0 Å². The van der Waals surface area contributed by atoms with Crippen molar-refractivity contribution in [3.63, 3.8) is 0 Å². The number of carbonyl (C=O) groups excluding carboxylic acids is 1. The molecule has 3 fully saturated rings. The molecule has 3 aliphatic rings. The van der Waals surface area contributed by atoms with E-state index in [1.165, 1.54) is 0 Å². The van der Waals surface area contributed by atoms with Crippen molar-refractivity contribution in [2.45, 2.75) is 33.6 Å². The fraction of sp³-hybridized carbons (Fsp3) is 0.857. The molecule has 0 aliphatic carbocycles. The topological polar surface area (TPSA) is 92.1 Å². The first-order valence-electron chi connectivity index (χ1n) is 4.31. The molecule has 1 unspecified atom stereocenters. The van der Waals surface area contributed by atoms with Crippen LogP contribution in [0.4, 0.5) is 0 Å². The van der Waals surface area contributed by atoms with Crippen LogP contribution in [0.5, 0.6) is 0 Å². The molecule has 0 aromatic carbocycles. The summed E-state index contributed by atoms with van der Waals surface area (Å²) in [4.78, 5) is 11.9. The van der Waals surface area contributed by atoms with Crippen LogP contribution in [0.1, 0.15) is 20.8 Å². The number of hydrogen-bond donors (Lipinski definition) is 3. The summed E-state index contributed by atoms with van der Waals surface area (Å²) in [5, 5.41) is 0. The van der Waals surface area contributed by atoms with Gasteiger partial charge in [-0.2, -0.15) is 0 Å². The molecule has 1 atom stereocenters. The van der Waals surface area contributed by atoms with E-state index in [9.17, 15) is 4.79 Å². The van der Waals surface area contributed by atoms with E-state index in [2.05, 4.69) is 10.6 Å². The Morgan fingerprint density at radius 2 is 1.93 bits per heavy atom. The number of esters is 1. The average Bonchev–Trinajstić information content (AvgIpc) is 2.77. The molecule has 14 heavy (non-hydrogen) atoms. The number of alkyl halides is 2. The molecule has 7 heteroatoms. The van der Waals surface area contributed by atoms with Gasteiger partial charge < -0.3 is 0 Å². The van der Waals surface area contributed by atoms with Gasteiger partial charge in [0.1, 0.15) is 0 Å². The summed E-state index contributed by atoms with van der Waals surface area (Å²) >= 11 is -1.24. The average molecular weight is 424 g/mol. The fourth-order valence-electron chi connectivity index (χ4n) is 1.23. The maximum absolute atomic E-state index is 11.9. The third-order valence-corrected chi connectivity index (χ3v) is 10.6. The van der Waals surface area contributed by atoms with Crippen LogP contribution in [0.15, 0.2) is 0 Å². The molecule has 0 amide bonds. The van der Waals surface area contributed by atoms with Crippen molar-refractivity contribution in [1.29, 1.82) is 0 Å². The molecule has 3 saturated heterocycles. The van der Waals surface area contributed by atoms with E-state index in [4.69, 9.17) is 4.74 Å². The molecule has 0 aromatic rings. The molecule has 0 radical (unpaired) electrons. The molecule has 0 aromatic heterocycles. The van der Waals surface area contributed by atoms with Crippen LogP contribution >= 0.6 is 20.4 Å². The van der Waals surface area contributed by atoms with Crippen molar-refractivity contribution in [3.05, 3.63) is 0 Å². The van der Waals surface area contributed by atoms with Gasteiger partial charge in [-0.3, -0.25) is 0 Å². The van der Waals surface area contributed by atoms with E-state index in [-0.39, 0.29) is 40.3 Å². The van der Waals surface area contributed by atoms with Gasteiger partial charge in [0.05, 0.1) is 0 Å². The Hall–Kier alpha value is 0.810. The minimum absolute atomic E-state index is 0.0343. The summed E-state index contributed by atoms with van der Waals surface area (Å²) in [6.45, 7) is 5.73. The zero-order chi connectivity index (χ0) is 10.2. The monoisotopic (exact) mass is 424 g/mol. The molecule has 0 spiro atoms. The van der Waals surface area contributed by atoms with Gasteiger partial charge >= 0.3 is 102 Å². The first-order valence-corrected chi connectivity index (χ1v) is 9.70. The number of fused-ring (bicyclic) bond motifs is 1. The molecule has 3 rings (SSSR count). The quantitative estimate of drug-likeness (QED) is 0.109. The van der Waals surface area contributed by atoms with E-state index in [0.717, 1.165) is 0 Å². The Balaban J connectivity index is 1.73. The van der Waals surface area contributed by atoms with Gasteiger partial charge in [0, 0.05) is 0 Å². The molecule has 5 nitrogen and oxygen atoms in total. The van der Waals surface area contributed by atoms with Gasteiger partial charge in [0.2, 0.25) is 0 Å². The predicted octanol–water partition coefficient (Wildman–Crippen LogP) is -3.17. The zero-order valence-corrected chi connectivity index (χ0v) is 12.4. The fourth-order valence-corrected chi connectivity index (χ4v) is 11.3. The third-order valence-electron chi connectivity index (χ3n) is 2.10. The van der Waals surface area contributed by atoms with Gasteiger partial charge in [0.15, 0.2) is 0 Å². The van der Waals surface area contributed by atoms with Crippen LogP contribution in [0.2, 0.25) is 0 Å². The van der Waals surface area contributed by atoms with Gasteiger partial charge in [0.25, 0.3) is 0 Å². The number of rotatable bonds is 2. The molecule has 0 bridgehead atoms. The summed E-state index contributed by atoms with van der Waals surface area (Å²) in [5.74, 6) is -0.0601. The Morgan fingerprint density at radius 3 is 2.21 bits per heavy atom. The summed E-state index contributed by atoms with van der Waals surface area (Å²) in [7, 11) is 0. The van der Waals surface area contributed by atoms with Crippen LogP contribution in [-0.2, 0) is 9.53 Å². The van der Waals surface area contributed by atoms with Crippen molar-refractivity contribution in [2.75, 3.05) is 0 Å². The predicted molar refractivity (Wildman–Crippen MR) is 54.7 cm³/mol. The maximum atomic E-state index is 11.9. The first kappa shape index (κ1) is 10.00. The molecule has 82 valence electrons. The molecule has 0 saturated carbocycles. The SMILES string of the molecule is CC(C)(C)OC(=O)C1(C23NI2N3)N[I-]1. The molecular formula is C7H12I2N3O2-. The summed E-state index contributed by atoms with van der Waals surface area (Å²) in [6.07, 6.45) is 0. The van der Waals surface area contributed by atoms with Crippen LogP contribution < -0.4 is 32.1 Å². The van der Waals surface area contributed by atoms with Gasteiger partial charge in [-0.1, -0.05) is 0 Å².